The number of likely N-dealkylation sites (tertiary alicyclic amines) is 1. The molecule has 2 aliphatic heterocycles. The maximum Gasteiger partial charge on any atom is 0.253 e. The third kappa shape index (κ3) is 4.40. The maximum atomic E-state index is 12.9. The van der Waals surface area contributed by atoms with Gasteiger partial charge >= 0.3 is 0 Å². The van der Waals surface area contributed by atoms with Crippen LogP contribution in [0.25, 0.3) is 0 Å². The summed E-state index contributed by atoms with van der Waals surface area (Å²) in [6, 6.07) is 9.57. The van der Waals surface area contributed by atoms with Crippen molar-refractivity contribution in [2.75, 3.05) is 53.6 Å². The average Bonchev–Trinajstić information content (AvgIpc) is 2.65. The van der Waals surface area contributed by atoms with Crippen molar-refractivity contribution in [1.29, 1.82) is 0 Å². The summed E-state index contributed by atoms with van der Waals surface area (Å²) in [5, 5.41) is 0. The van der Waals surface area contributed by atoms with Crippen LogP contribution >= 0.6 is 0 Å². The fourth-order valence-electron chi connectivity index (χ4n) is 3.96. The van der Waals surface area contributed by atoms with Crippen LogP contribution in [0.15, 0.2) is 30.3 Å². The molecule has 0 aromatic heterocycles. The van der Waals surface area contributed by atoms with Gasteiger partial charge in [0.15, 0.2) is 0 Å². The molecule has 25 heavy (non-hydrogen) atoms. The van der Waals surface area contributed by atoms with E-state index in [4.69, 9.17) is 9.47 Å². The zero-order valence-corrected chi connectivity index (χ0v) is 15.4. The zero-order valence-electron chi connectivity index (χ0n) is 15.4. The first-order valence-corrected chi connectivity index (χ1v) is 9.29. The Balaban J connectivity index is 1.67. The van der Waals surface area contributed by atoms with E-state index in [9.17, 15) is 4.79 Å². The van der Waals surface area contributed by atoms with E-state index in [1.165, 1.54) is 0 Å². The van der Waals surface area contributed by atoms with E-state index in [1.54, 1.807) is 0 Å². The molecule has 5 nitrogen and oxygen atoms in total. The van der Waals surface area contributed by atoms with E-state index in [1.807, 2.05) is 35.2 Å². The SMILES string of the molecule is CN(C)CCOC[C@@]12CCCO[C@H]1CCN(C(=O)c1ccccc1)C2. The molecule has 1 amide bonds. The third-order valence-electron chi connectivity index (χ3n) is 5.37. The number of carbonyl (C=O) groups is 1. The lowest BCUT2D eigenvalue weighted by Gasteiger charge is -2.50. The summed E-state index contributed by atoms with van der Waals surface area (Å²) in [6.45, 7) is 4.62. The Hall–Kier alpha value is -1.43. The van der Waals surface area contributed by atoms with Crippen molar-refractivity contribution < 1.29 is 14.3 Å². The standard InChI is InChI=1S/C20H30N2O3/c1-21(2)12-14-24-16-20-10-6-13-25-18(20)9-11-22(15-20)19(23)17-7-4-3-5-8-17/h3-5,7-8,18H,6,9-16H2,1-2H3/t18-,20-/m0/s1. The average molecular weight is 346 g/mol. The molecule has 0 N–H and O–H groups in total. The van der Waals surface area contributed by atoms with Crippen molar-refractivity contribution in [2.45, 2.75) is 25.4 Å². The lowest BCUT2D eigenvalue weighted by Crippen LogP contribution is -2.58. The molecular formula is C20H30N2O3. The number of benzene rings is 1. The van der Waals surface area contributed by atoms with Gasteiger partial charge in [0.25, 0.3) is 5.91 Å². The molecule has 2 saturated heterocycles. The van der Waals surface area contributed by atoms with Gasteiger partial charge in [-0.1, -0.05) is 18.2 Å². The number of hydrogen-bond donors (Lipinski definition) is 0. The van der Waals surface area contributed by atoms with Gasteiger partial charge in [0.05, 0.1) is 19.3 Å². The van der Waals surface area contributed by atoms with Crippen molar-refractivity contribution in [3.63, 3.8) is 0 Å². The van der Waals surface area contributed by atoms with Crippen LogP contribution in [0.1, 0.15) is 29.6 Å². The van der Waals surface area contributed by atoms with Crippen molar-refractivity contribution in [3.05, 3.63) is 35.9 Å². The number of carbonyl (C=O) groups excluding carboxylic acids is 1. The minimum absolute atomic E-state index is 0.0622. The first-order valence-electron chi connectivity index (χ1n) is 9.29. The van der Waals surface area contributed by atoms with Gasteiger partial charge in [-0.2, -0.15) is 0 Å². The normalized spacial score (nSPS) is 26.5. The lowest BCUT2D eigenvalue weighted by molar-refractivity contribution is -0.147. The van der Waals surface area contributed by atoms with E-state index in [2.05, 4.69) is 19.0 Å². The van der Waals surface area contributed by atoms with E-state index < -0.39 is 0 Å². The predicted molar refractivity (Wildman–Crippen MR) is 97.7 cm³/mol. The van der Waals surface area contributed by atoms with Gasteiger partial charge in [-0.05, 0) is 45.5 Å². The molecule has 2 heterocycles. The highest BCUT2D eigenvalue weighted by molar-refractivity contribution is 5.94. The highest BCUT2D eigenvalue weighted by Gasteiger charge is 2.47. The number of piperidine rings is 1. The van der Waals surface area contributed by atoms with Crippen LogP contribution in [-0.2, 0) is 9.47 Å². The number of amides is 1. The second-order valence-electron chi connectivity index (χ2n) is 7.56. The molecule has 0 saturated carbocycles. The van der Waals surface area contributed by atoms with Gasteiger partial charge in [-0.15, -0.1) is 0 Å². The molecule has 0 aliphatic carbocycles. The van der Waals surface area contributed by atoms with E-state index in [0.29, 0.717) is 13.2 Å². The van der Waals surface area contributed by atoms with Gasteiger partial charge in [0.1, 0.15) is 0 Å². The van der Waals surface area contributed by atoms with Crippen molar-refractivity contribution in [3.8, 4) is 0 Å². The molecule has 0 radical (unpaired) electrons. The highest BCUT2D eigenvalue weighted by Crippen LogP contribution is 2.40. The first-order chi connectivity index (χ1) is 12.1. The smallest absolute Gasteiger partial charge is 0.253 e. The Morgan fingerprint density at radius 1 is 1.36 bits per heavy atom. The zero-order chi connectivity index (χ0) is 17.7. The van der Waals surface area contributed by atoms with Crippen molar-refractivity contribution in [2.24, 2.45) is 5.41 Å². The summed E-state index contributed by atoms with van der Waals surface area (Å²) in [6.07, 6.45) is 3.22. The maximum absolute atomic E-state index is 12.9. The molecule has 0 spiro atoms. The summed E-state index contributed by atoms with van der Waals surface area (Å²) in [5.74, 6) is 0.122. The third-order valence-corrected chi connectivity index (χ3v) is 5.37. The molecule has 2 atom stereocenters. The number of ether oxygens (including phenoxy) is 2. The number of nitrogens with zero attached hydrogens (tertiary/aromatic N) is 2. The molecular weight excluding hydrogens is 316 g/mol. The van der Waals surface area contributed by atoms with Crippen molar-refractivity contribution in [1.82, 2.24) is 9.80 Å². The number of likely N-dealkylation sites (N-methyl/N-ethyl adjacent to an activating group) is 1. The van der Waals surface area contributed by atoms with Gasteiger partial charge in [-0.25, -0.2) is 0 Å². The second kappa shape index (κ2) is 8.30. The van der Waals surface area contributed by atoms with Crippen LogP contribution in [-0.4, -0.2) is 75.4 Å². The summed E-state index contributed by atoms with van der Waals surface area (Å²) in [5.41, 5.74) is 0.703. The van der Waals surface area contributed by atoms with Gasteiger partial charge in [-0.3, -0.25) is 4.79 Å². The minimum atomic E-state index is -0.0622. The van der Waals surface area contributed by atoms with Gasteiger partial charge in [0.2, 0.25) is 0 Å². The highest BCUT2D eigenvalue weighted by atomic mass is 16.5. The molecule has 1 aromatic carbocycles. The Morgan fingerprint density at radius 2 is 2.16 bits per heavy atom. The van der Waals surface area contributed by atoms with Crippen LogP contribution in [0.2, 0.25) is 0 Å². The quantitative estimate of drug-likeness (QED) is 0.741. The van der Waals surface area contributed by atoms with E-state index in [-0.39, 0.29) is 17.4 Å². The van der Waals surface area contributed by atoms with Gasteiger partial charge in [0, 0.05) is 37.2 Å². The molecule has 2 aliphatic rings. The van der Waals surface area contributed by atoms with Gasteiger partial charge < -0.3 is 19.3 Å². The topological polar surface area (TPSA) is 42.0 Å². The summed E-state index contributed by atoms with van der Waals surface area (Å²) in [7, 11) is 4.10. The predicted octanol–water partition coefficient (Wildman–Crippen LogP) is 2.28. The molecule has 0 bridgehead atoms. The van der Waals surface area contributed by atoms with Crippen LogP contribution in [0.5, 0.6) is 0 Å². The Kier molecular flexibility index (Phi) is 6.10. The van der Waals surface area contributed by atoms with Crippen molar-refractivity contribution >= 4 is 5.91 Å². The largest absolute Gasteiger partial charge is 0.379 e. The first kappa shape index (κ1) is 18.4. The summed E-state index contributed by atoms with van der Waals surface area (Å²) in [4.78, 5) is 17.0. The number of rotatable bonds is 6. The molecule has 138 valence electrons. The molecule has 3 rings (SSSR count). The summed E-state index contributed by atoms with van der Waals surface area (Å²) >= 11 is 0. The monoisotopic (exact) mass is 346 g/mol. The number of hydrogen-bond acceptors (Lipinski definition) is 4. The Labute approximate surface area is 150 Å². The molecule has 1 aromatic rings. The minimum Gasteiger partial charge on any atom is -0.379 e. The Bertz CT molecular complexity index is 563. The molecule has 2 fully saturated rings. The number of fused-ring (bicyclic) bond motifs is 1. The van der Waals surface area contributed by atoms with Crippen LogP contribution < -0.4 is 0 Å². The van der Waals surface area contributed by atoms with Crippen LogP contribution in [0.4, 0.5) is 0 Å². The van der Waals surface area contributed by atoms with Crippen LogP contribution in [0.3, 0.4) is 0 Å². The van der Waals surface area contributed by atoms with E-state index in [0.717, 1.165) is 51.1 Å². The van der Waals surface area contributed by atoms with Crippen LogP contribution in [0, 0.1) is 5.41 Å². The fourth-order valence-corrected chi connectivity index (χ4v) is 3.96. The Morgan fingerprint density at radius 3 is 2.92 bits per heavy atom. The summed E-state index contributed by atoms with van der Waals surface area (Å²) < 4.78 is 12.1. The molecule has 0 unspecified atom stereocenters. The second-order valence-corrected chi connectivity index (χ2v) is 7.56. The van der Waals surface area contributed by atoms with E-state index >= 15 is 0 Å². The lowest BCUT2D eigenvalue weighted by atomic mass is 9.73. The molecule has 5 heteroatoms. The fraction of sp³-hybridized carbons (Fsp3) is 0.650.